The predicted octanol–water partition coefficient (Wildman–Crippen LogP) is 2.22. The number of hydrogen-bond donors (Lipinski definition) is 1. The van der Waals surface area contributed by atoms with Gasteiger partial charge in [-0.05, 0) is 0 Å². The van der Waals surface area contributed by atoms with E-state index in [1.54, 1.807) is 0 Å². The van der Waals surface area contributed by atoms with Crippen LogP contribution in [0.2, 0.25) is 5.02 Å². The first-order valence-electron chi connectivity index (χ1n) is 3.05. The molecule has 0 aliphatic rings. The molecule has 0 saturated carbocycles. The standard InChI is InChI=1S/C6H4ClF3N2O/c7-3-1-4(5(11)12-2-3)13-6(8,9)10/h1-2H,(H2,11,12). The van der Waals surface area contributed by atoms with Gasteiger partial charge in [-0.3, -0.25) is 0 Å². The summed E-state index contributed by atoms with van der Waals surface area (Å²) in [7, 11) is 0. The molecule has 1 aromatic heterocycles. The summed E-state index contributed by atoms with van der Waals surface area (Å²) < 4.78 is 38.7. The van der Waals surface area contributed by atoms with Gasteiger partial charge in [0.05, 0.1) is 5.02 Å². The monoisotopic (exact) mass is 212 g/mol. The van der Waals surface area contributed by atoms with Crippen LogP contribution in [0.3, 0.4) is 0 Å². The molecule has 0 fully saturated rings. The largest absolute Gasteiger partial charge is 0.573 e. The summed E-state index contributed by atoms with van der Waals surface area (Å²) in [5.74, 6) is -0.957. The lowest BCUT2D eigenvalue weighted by molar-refractivity contribution is -0.274. The fraction of sp³-hybridized carbons (Fsp3) is 0.167. The number of ether oxygens (including phenoxy) is 1. The van der Waals surface area contributed by atoms with Gasteiger partial charge in [-0.2, -0.15) is 0 Å². The maximum Gasteiger partial charge on any atom is 0.573 e. The van der Waals surface area contributed by atoms with Crippen LogP contribution < -0.4 is 10.5 Å². The highest BCUT2D eigenvalue weighted by atomic mass is 35.5. The van der Waals surface area contributed by atoms with E-state index in [0.29, 0.717) is 0 Å². The third kappa shape index (κ3) is 2.98. The highest BCUT2D eigenvalue weighted by molar-refractivity contribution is 6.30. The number of alkyl halides is 3. The zero-order chi connectivity index (χ0) is 10.1. The first-order valence-corrected chi connectivity index (χ1v) is 3.43. The minimum Gasteiger partial charge on any atom is -0.402 e. The van der Waals surface area contributed by atoms with Crippen molar-refractivity contribution in [2.45, 2.75) is 6.36 Å². The first-order chi connectivity index (χ1) is 5.88. The molecule has 72 valence electrons. The number of aromatic nitrogens is 1. The Morgan fingerprint density at radius 2 is 2.08 bits per heavy atom. The third-order valence-corrected chi connectivity index (χ3v) is 1.28. The predicted molar refractivity (Wildman–Crippen MR) is 40.3 cm³/mol. The van der Waals surface area contributed by atoms with E-state index in [1.807, 2.05) is 0 Å². The topological polar surface area (TPSA) is 48.1 Å². The van der Waals surface area contributed by atoms with Crippen molar-refractivity contribution >= 4 is 17.4 Å². The molecule has 1 rings (SSSR count). The molecule has 0 unspecified atom stereocenters. The highest BCUT2D eigenvalue weighted by Gasteiger charge is 2.32. The average Bonchev–Trinajstić information content (AvgIpc) is 1.94. The van der Waals surface area contributed by atoms with Crippen molar-refractivity contribution in [3.8, 4) is 5.75 Å². The Balaban J connectivity index is 2.94. The Hall–Kier alpha value is -1.17. The summed E-state index contributed by atoms with van der Waals surface area (Å²) in [4.78, 5) is 3.38. The lowest BCUT2D eigenvalue weighted by Crippen LogP contribution is -2.18. The molecular weight excluding hydrogens is 209 g/mol. The number of anilines is 1. The number of hydrogen-bond acceptors (Lipinski definition) is 3. The van der Waals surface area contributed by atoms with Crippen molar-refractivity contribution in [3.05, 3.63) is 17.3 Å². The van der Waals surface area contributed by atoms with Crippen molar-refractivity contribution in [1.82, 2.24) is 4.98 Å². The number of rotatable bonds is 1. The summed E-state index contributed by atoms with van der Waals surface area (Å²) in [6.45, 7) is 0. The zero-order valence-electron chi connectivity index (χ0n) is 6.10. The van der Waals surface area contributed by atoms with Crippen LogP contribution in [0.15, 0.2) is 12.3 Å². The Morgan fingerprint density at radius 3 is 2.62 bits per heavy atom. The van der Waals surface area contributed by atoms with Crippen molar-refractivity contribution in [2.24, 2.45) is 0 Å². The van der Waals surface area contributed by atoms with E-state index in [4.69, 9.17) is 17.3 Å². The van der Waals surface area contributed by atoms with E-state index in [0.717, 1.165) is 12.3 Å². The number of pyridine rings is 1. The molecule has 2 N–H and O–H groups in total. The maximum absolute atomic E-state index is 11.7. The number of nitrogens with zero attached hydrogens (tertiary/aromatic N) is 1. The minimum atomic E-state index is -4.79. The van der Waals surface area contributed by atoms with Crippen LogP contribution in [0.25, 0.3) is 0 Å². The maximum atomic E-state index is 11.7. The second kappa shape index (κ2) is 3.29. The summed E-state index contributed by atoms with van der Waals surface area (Å²) >= 11 is 5.38. The van der Waals surface area contributed by atoms with Crippen molar-refractivity contribution < 1.29 is 17.9 Å². The van der Waals surface area contributed by atoms with Gasteiger partial charge in [0, 0.05) is 12.3 Å². The SMILES string of the molecule is Nc1ncc(Cl)cc1OC(F)(F)F. The van der Waals surface area contributed by atoms with Crippen LogP contribution >= 0.6 is 11.6 Å². The molecule has 0 aromatic carbocycles. The summed E-state index contributed by atoms with van der Waals surface area (Å²) in [5, 5.41) is 0.0217. The molecule has 0 saturated heterocycles. The van der Waals surface area contributed by atoms with Gasteiger partial charge < -0.3 is 10.5 Å². The van der Waals surface area contributed by atoms with E-state index >= 15 is 0 Å². The molecule has 0 atom stereocenters. The number of nitrogens with two attached hydrogens (primary N) is 1. The van der Waals surface area contributed by atoms with Crippen LogP contribution in [0.1, 0.15) is 0 Å². The van der Waals surface area contributed by atoms with Crippen molar-refractivity contribution in [3.63, 3.8) is 0 Å². The fourth-order valence-electron chi connectivity index (χ4n) is 0.638. The van der Waals surface area contributed by atoms with Gasteiger partial charge in [0.25, 0.3) is 0 Å². The van der Waals surface area contributed by atoms with E-state index in [1.165, 1.54) is 0 Å². The van der Waals surface area contributed by atoms with Crippen LogP contribution in [-0.4, -0.2) is 11.3 Å². The molecule has 0 bridgehead atoms. The molecule has 13 heavy (non-hydrogen) atoms. The lowest BCUT2D eigenvalue weighted by atomic mass is 10.4. The average molecular weight is 213 g/mol. The van der Waals surface area contributed by atoms with Crippen LogP contribution in [0.4, 0.5) is 19.0 Å². The van der Waals surface area contributed by atoms with Gasteiger partial charge in [-0.15, -0.1) is 13.2 Å². The van der Waals surface area contributed by atoms with Crippen molar-refractivity contribution in [1.29, 1.82) is 0 Å². The lowest BCUT2D eigenvalue weighted by Gasteiger charge is -2.09. The second-order valence-electron chi connectivity index (χ2n) is 2.08. The molecule has 0 radical (unpaired) electrons. The van der Waals surface area contributed by atoms with Gasteiger partial charge in [0.15, 0.2) is 11.6 Å². The van der Waals surface area contributed by atoms with Gasteiger partial charge in [0.1, 0.15) is 0 Å². The molecule has 1 heterocycles. The van der Waals surface area contributed by atoms with Gasteiger partial charge in [0.2, 0.25) is 0 Å². The molecule has 0 aliphatic carbocycles. The number of halogens is 4. The van der Waals surface area contributed by atoms with Crippen LogP contribution in [0, 0.1) is 0 Å². The summed E-state index contributed by atoms with van der Waals surface area (Å²) in [6.07, 6.45) is -3.67. The van der Waals surface area contributed by atoms with Crippen LogP contribution in [-0.2, 0) is 0 Å². The molecule has 3 nitrogen and oxygen atoms in total. The summed E-state index contributed by atoms with van der Waals surface area (Å²) in [5.41, 5.74) is 5.10. The van der Waals surface area contributed by atoms with Gasteiger partial charge in [-0.1, -0.05) is 11.6 Å². The minimum absolute atomic E-state index is 0.0217. The van der Waals surface area contributed by atoms with E-state index < -0.39 is 12.1 Å². The number of nitrogen functional groups attached to an aromatic ring is 1. The Morgan fingerprint density at radius 1 is 1.46 bits per heavy atom. The van der Waals surface area contributed by atoms with Crippen LogP contribution in [0.5, 0.6) is 5.75 Å². The third-order valence-electron chi connectivity index (χ3n) is 1.07. The zero-order valence-corrected chi connectivity index (χ0v) is 6.86. The molecule has 0 amide bonds. The van der Waals surface area contributed by atoms with E-state index in [-0.39, 0.29) is 10.8 Å². The summed E-state index contributed by atoms with van der Waals surface area (Å²) in [6, 6.07) is 0.942. The Labute approximate surface area is 76.3 Å². The Bertz CT molecular complexity index is 315. The molecule has 7 heteroatoms. The van der Waals surface area contributed by atoms with Gasteiger partial charge >= 0.3 is 6.36 Å². The van der Waals surface area contributed by atoms with E-state index in [2.05, 4.69) is 9.72 Å². The van der Waals surface area contributed by atoms with Gasteiger partial charge in [-0.25, -0.2) is 4.98 Å². The molecule has 1 aromatic rings. The van der Waals surface area contributed by atoms with Crippen molar-refractivity contribution in [2.75, 3.05) is 5.73 Å². The Kier molecular flexibility index (Phi) is 2.51. The normalized spacial score (nSPS) is 11.4. The quantitative estimate of drug-likeness (QED) is 0.777. The van der Waals surface area contributed by atoms with E-state index in [9.17, 15) is 13.2 Å². The highest BCUT2D eigenvalue weighted by Crippen LogP contribution is 2.28. The molecule has 0 spiro atoms. The first kappa shape index (κ1) is 9.91. The molecule has 0 aliphatic heterocycles. The smallest absolute Gasteiger partial charge is 0.402 e. The molecular formula is C6H4ClF3N2O. The fourth-order valence-corrected chi connectivity index (χ4v) is 0.786. The second-order valence-corrected chi connectivity index (χ2v) is 2.52.